The number of hydrogen-bond acceptors (Lipinski definition) is 2. The first-order valence-electron chi connectivity index (χ1n) is 8.07. The van der Waals surface area contributed by atoms with Crippen LogP contribution < -0.4 is 11.1 Å². The van der Waals surface area contributed by atoms with Crippen molar-refractivity contribution in [3.8, 4) is 0 Å². The van der Waals surface area contributed by atoms with E-state index in [9.17, 15) is 0 Å². The lowest BCUT2D eigenvalue weighted by atomic mass is 9.86. The zero-order chi connectivity index (χ0) is 14.6. The van der Waals surface area contributed by atoms with Gasteiger partial charge in [-0.1, -0.05) is 64.3 Å². The summed E-state index contributed by atoms with van der Waals surface area (Å²) in [5.41, 5.74) is 8.91. The monoisotopic (exact) mass is 274 g/mol. The van der Waals surface area contributed by atoms with E-state index in [-0.39, 0.29) is 5.41 Å². The van der Waals surface area contributed by atoms with E-state index in [1.54, 1.807) is 0 Å². The zero-order valence-corrected chi connectivity index (χ0v) is 13.3. The molecule has 1 aliphatic rings. The van der Waals surface area contributed by atoms with E-state index in [1.807, 2.05) is 0 Å². The molecule has 1 saturated carbocycles. The smallest absolute Gasteiger partial charge is 0.0446 e. The SMILES string of the molecule is CC(C)(C)c1ccc(C(CN)NC2CCCCC2)cc1. The molecule has 0 heterocycles. The standard InChI is InChI=1S/C18H30N2/c1-18(2,3)15-11-9-14(10-12-15)17(13-19)20-16-7-5-4-6-8-16/h9-12,16-17,20H,4-8,13,19H2,1-3H3. The van der Waals surface area contributed by atoms with Gasteiger partial charge in [-0.3, -0.25) is 0 Å². The second kappa shape index (κ2) is 6.73. The molecule has 0 radical (unpaired) electrons. The summed E-state index contributed by atoms with van der Waals surface area (Å²) >= 11 is 0. The minimum absolute atomic E-state index is 0.216. The topological polar surface area (TPSA) is 38.0 Å². The summed E-state index contributed by atoms with van der Waals surface area (Å²) in [5.74, 6) is 0. The Morgan fingerprint density at radius 2 is 1.70 bits per heavy atom. The van der Waals surface area contributed by atoms with Gasteiger partial charge in [0.25, 0.3) is 0 Å². The first kappa shape index (κ1) is 15.5. The molecule has 2 heteroatoms. The van der Waals surface area contributed by atoms with Crippen molar-refractivity contribution >= 4 is 0 Å². The summed E-state index contributed by atoms with van der Waals surface area (Å²) in [6.07, 6.45) is 6.72. The van der Waals surface area contributed by atoms with Crippen LogP contribution in [0.5, 0.6) is 0 Å². The van der Waals surface area contributed by atoms with Gasteiger partial charge >= 0.3 is 0 Å². The van der Waals surface area contributed by atoms with Gasteiger partial charge in [-0.15, -0.1) is 0 Å². The van der Waals surface area contributed by atoms with Crippen LogP contribution in [0.25, 0.3) is 0 Å². The molecule has 0 aromatic heterocycles. The van der Waals surface area contributed by atoms with Gasteiger partial charge in [0, 0.05) is 18.6 Å². The summed E-state index contributed by atoms with van der Waals surface area (Å²) in [4.78, 5) is 0. The minimum Gasteiger partial charge on any atom is -0.329 e. The molecular formula is C18H30N2. The van der Waals surface area contributed by atoms with Crippen LogP contribution >= 0.6 is 0 Å². The molecule has 0 aliphatic heterocycles. The fraction of sp³-hybridized carbons (Fsp3) is 0.667. The van der Waals surface area contributed by atoms with E-state index in [4.69, 9.17) is 5.73 Å². The molecule has 1 aromatic rings. The van der Waals surface area contributed by atoms with Crippen molar-refractivity contribution in [1.29, 1.82) is 0 Å². The predicted octanol–water partition coefficient (Wildman–Crippen LogP) is 3.91. The number of benzene rings is 1. The number of hydrogen-bond donors (Lipinski definition) is 2. The molecule has 0 bridgehead atoms. The Bertz CT molecular complexity index is 396. The molecule has 0 saturated heterocycles. The lowest BCUT2D eigenvalue weighted by molar-refractivity contribution is 0.340. The molecule has 0 amide bonds. The Labute approximate surface area is 124 Å². The Morgan fingerprint density at radius 3 is 2.20 bits per heavy atom. The molecule has 2 rings (SSSR count). The van der Waals surface area contributed by atoms with Crippen LogP contribution in [0.1, 0.15) is 70.0 Å². The summed E-state index contributed by atoms with van der Waals surface area (Å²) in [7, 11) is 0. The third-order valence-electron chi connectivity index (χ3n) is 4.46. The molecule has 20 heavy (non-hydrogen) atoms. The lowest BCUT2D eigenvalue weighted by Gasteiger charge is -2.28. The van der Waals surface area contributed by atoms with Crippen LogP contribution in [0.3, 0.4) is 0 Å². The Morgan fingerprint density at radius 1 is 1.10 bits per heavy atom. The summed E-state index contributed by atoms with van der Waals surface area (Å²) in [6.45, 7) is 7.43. The Hall–Kier alpha value is -0.860. The molecule has 1 atom stereocenters. The van der Waals surface area contributed by atoms with Gasteiger partial charge in [0.15, 0.2) is 0 Å². The maximum Gasteiger partial charge on any atom is 0.0446 e. The van der Waals surface area contributed by atoms with Crippen molar-refractivity contribution in [2.75, 3.05) is 6.54 Å². The first-order chi connectivity index (χ1) is 9.50. The predicted molar refractivity (Wildman–Crippen MR) is 86.9 cm³/mol. The molecule has 112 valence electrons. The van der Waals surface area contributed by atoms with Crippen molar-refractivity contribution in [1.82, 2.24) is 5.32 Å². The van der Waals surface area contributed by atoms with E-state index >= 15 is 0 Å². The maximum absolute atomic E-state index is 5.98. The van der Waals surface area contributed by atoms with Crippen LogP contribution in [0.4, 0.5) is 0 Å². The molecule has 1 unspecified atom stereocenters. The van der Waals surface area contributed by atoms with E-state index in [1.165, 1.54) is 43.2 Å². The number of rotatable bonds is 4. The molecule has 0 spiro atoms. The highest BCUT2D eigenvalue weighted by Crippen LogP contribution is 2.25. The highest BCUT2D eigenvalue weighted by molar-refractivity contribution is 5.29. The maximum atomic E-state index is 5.98. The average molecular weight is 274 g/mol. The van der Waals surface area contributed by atoms with Crippen molar-refractivity contribution in [3.05, 3.63) is 35.4 Å². The van der Waals surface area contributed by atoms with E-state index < -0.39 is 0 Å². The van der Waals surface area contributed by atoms with E-state index in [0.717, 1.165) is 0 Å². The van der Waals surface area contributed by atoms with Gasteiger partial charge < -0.3 is 11.1 Å². The molecule has 1 fully saturated rings. The summed E-state index contributed by atoms with van der Waals surface area (Å²) < 4.78 is 0. The van der Waals surface area contributed by atoms with Gasteiger partial charge in [0.1, 0.15) is 0 Å². The van der Waals surface area contributed by atoms with Crippen molar-refractivity contribution in [2.24, 2.45) is 5.73 Å². The quantitative estimate of drug-likeness (QED) is 0.873. The Balaban J connectivity index is 2.03. The van der Waals surface area contributed by atoms with Crippen LogP contribution in [-0.4, -0.2) is 12.6 Å². The first-order valence-corrected chi connectivity index (χ1v) is 8.07. The highest BCUT2D eigenvalue weighted by Gasteiger charge is 2.19. The third kappa shape index (κ3) is 4.07. The van der Waals surface area contributed by atoms with Gasteiger partial charge in [-0.25, -0.2) is 0 Å². The summed E-state index contributed by atoms with van der Waals surface area (Å²) in [6, 6.07) is 9.94. The largest absolute Gasteiger partial charge is 0.329 e. The van der Waals surface area contributed by atoms with E-state index in [0.29, 0.717) is 18.6 Å². The molecule has 1 aromatic carbocycles. The van der Waals surface area contributed by atoms with Gasteiger partial charge in [0.05, 0.1) is 0 Å². The second-order valence-corrected chi connectivity index (χ2v) is 7.16. The third-order valence-corrected chi connectivity index (χ3v) is 4.46. The molecule has 3 N–H and O–H groups in total. The van der Waals surface area contributed by atoms with E-state index in [2.05, 4.69) is 50.4 Å². The molecule has 1 aliphatic carbocycles. The van der Waals surface area contributed by atoms with Crippen molar-refractivity contribution in [3.63, 3.8) is 0 Å². The zero-order valence-electron chi connectivity index (χ0n) is 13.3. The fourth-order valence-corrected chi connectivity index (χ4v) is 3.07. The van der Waals surface area contributed by atoms with Crippen LogP contribution in [-0.2, 0) is 5.41 Å². The molecule has 2 nitrogen and oxygen atoms in total. The molecular weight excluding hydrogens is 244 g/mol. The number of nitrogens with one attached hydrogen (secondary N) is 1. The van der Waals surface area contributed by atoms with Gasteiger partial charge in [-0.05, 0) is 29.4 Å². The normalized spacial score (nSPS) is 19.0. The highest BCUT2D eigenvalue weighted by atomic mass is 15.0. The Kier molecular flexibility index (Phi) is 5.22. The van der Waals surface area contributed by atoms with Crippen molar-refractivity contribution < 1.29 is 0 Å². The van der Waals surface area contributed by atoms with Crippen LogP contribution in [0.2, 0.25) is 0 Å². The van der Waals surface area contributed by atoms with Gasteiger partial charge in [0.2, 0.25) is 0 Å². The number of nitrogens with two attached hydrogens (primary N) is 1. The second-order valence-electron chi connectivity index (χ2n) is 7.16. The van der Waals surface area contributed by atoms with Crippen LogP contribution in [0, 0.1) is 0 Å². The van der Waals surface area contributed by atoms with Gasteiger partial charge in [-0.2, -0.15) is 0 Å². The average Bonchev–Trinajstić information content (AvgIpc) is 2.45. The van der Waals surface area contributed by atoms with Crippen molar-refractivity contribution in [2.45, 2.75) is 70.4 Å². The lowest BCUT2D eigenvalue weighted by Crippen LogP contribution is -2.37. The van der Waals surface area contributed by atoms with Crippen LogP contribution in [0.15, 0.2) is 24.3 Å². The fourth-order valence-electron chi connectivity index (χ4n) is 3.07. The minimum atomic E-state index is 0.216. The summed E-state index contributed by atoms with van der Waals surface area (Å²) in [5, 5.41) is 3.76.